The molecule has 0 aromatic carbocycles. The molecule has 0 aliphatic heterocycles. The summed E-state index contributed by atoms with van der Waals surface area (Å²) in [5.41, 5.74) is 0.487. The van der Waals surface area contributed by atoms with Crippen LogP contribution in [0.2, 0.25) is 0 Å². The van der Waals surface area contributed by atoms with Gasteiger partial charge in [-0.1, -0.05) is 34.1 Å². The van der Waals surface area contributed by atoms with E-state index >= 15 is 0 Å². The highest BCUT2D eigenvalue weighted by Crippen LogP contribution is 2.68. The van der Waals surface area contributed by atoms with E-state index in [1.807, 2.05) is 21.0 Å². The second kappa shape index (κ2) is 10.4. The lowest BCUT2D eigenvalue weighted by atomic mass is 9.44. The number of hydrogen-bond acceptors (Lipinski definition) is 5. The van der Waals surface area contributed by atoms with Crippen molar-refractivity contribution < 1.29 is 9.53 Å². The van der Waals surface area contributed by atoms with Gasteiger partial charge in [-0.25, -0.2) is 5.84 Å². The van der Waals surface area contributed by atoms with Gasteiger partial charge < -0.3 is 10.6 Å². The first-order valence-electron chi connectivity index (χ1n) is 13.1. The fourth-order valence-electron chi connectivity index (χ4n) is 8.76. The van der Waals surface area contributed by atoms with Crippen molar-refractivity contribution in [3.05, 3.63) is 0 Å². The summed E-state index contributed by atoms with van der Waals surface area (Å²) < 4.78 is 5.89. The summed E-state index contributed by atoms with van der Waals surface area (Å²) in [5.74, 6) is 15.3. The molecule has 4 aliphatic carbocycles. The van der Waals surface area contributed by atoms with Crippen LogP contribution in [0.4, 0.5) is 0 Å². The second-order valence-electron chi connectivity index (χ2n) is 11.3. The number of Topliss-reactive ketones (excluding diaryl/α,β-unsaturated/α-hetero) is 1. The number of nitrogens with zero attached hydrogens (tertiary/aromatic N) is 2. The molecule has 0 bridgehead atoms. The fourth-order valence-corrected chi connectivity index (χ4v) is 8.76. The summed E-state index contributed by atoms with van der Waals surface area (Å²) in [6.45, 7) is 9.97. The Balaban J connectivity index is 0.00000141. The monoisotopic (exact) mass is 448 g/mol. The summed E-state index contributed by atoms with van der Waals surface area (Å²) in [6.07, 6.45) is 12.7. The summed E-state index contributed by atoms with van der Waals surface area (Å²) in [5, 5.41) is 4.77. The number of rotatable bonds is 6. The van der Waals surface area contributed by atoms with E-state index < -0.39 is 0 Å². The van der Waals surface area contributed by atoms with Crippen LogP contribution < -0.4 is 11.7 Å². The SMILES string of the molecule is CC.COCC12CCC(C)CC1CCC1C3CCC(C(=O)CN(N)/C=N\N)C3(C)CCC12. The molecule has 0 aromatic rings. The van der Waals surface area contributed by atoms with Gasteiger partial charge >= 0.3 is 0 Å². The van der Waals surface area contributed by atoms with Gasteiger partial charge in [0.2, 0.25) is 0 Å². The standard InChI is InChI=1S/C24H42N4O2.C2H6/c1-16-8-11-24(14-30-3)17(12-16)4-5-18-19-6-7-21(22(29)13-28(26)15-27-25)23(19,2)10-9-20(18)24;1-2/h15-21H,4-14,25-26H2,1-3H3;1-2H3/b27-15-;. The molecule has 6 nitrogen and oxygen atoms in total. The zero-order valence-corrected chi connectivity index (χ0v) is 21.2. The van der Waals surface area contributed by atoms with Gasteiger partial charge in [-0.3, -0.25) is 9.80 Å². The van der Waals surface area contributed by atoms with E-state index in [0.717, 1.165) is 36.7 Å². The molecule has 0 saturated heterocycles. The van der Waals surface area contributed by atoms with E-state index in [0.29, 0.717) is 11.3 Å². The van der Waals surface area contributed by atoms with Gasteiger partial charge in [0.05, 0.1) is 13.2 Å². The predicted octanol–water partition coefficient (Wildman–Crippen LogP) is 4.58. The first kappa shape index (κ1) is 25.5. The van der Waals surface area contributed by atoms with Crippen molar-refractivity contribution in [1.82, 2.24) is 5.01 Å². The smallest absolute Gasteiger partial charge is 0.157 e. The number of fused-ring (bicyclic) bond motifs is 5. The maximum absolute atomic E-state index is 13.1. The van der Waals surface area contributed by atoms with Crippen molar-refractivity contribution in [2.45, 2.75) is 85.5 Å². The maximum atomic E-state index is 13.1. The van der Waals surface area contributed by atoms with Crippen LogP contribution >= 0.6 is 0 Å². The molecular weight excluding hydrogens is 400 g/mol. The van der Waals surface area contributed by atoms with Crippen LogP contribution in [0.3, 0.4) is 0 Å². The van der Waals surface area contributed by atoms with Crippen LogP contribution in [0.15, 0.2) is 5.10 Å². The molecule has 6 heteroatoms. The van der Waals surface area contributed by atoms with Gasteiger partial charge in [-0.2, -0.15) is 5.10 Å². The molecule has 0 aromatic heterocycles. The largest absolute Gasteiger partial charge is 0.384 e. The minimum absolute atomic E-state index is 0.113. The van der Waals surface area contributed by atoms with Crippen LogP contribution in [0, 0.1) is 46.3 Å². The van der Waals surface area contributed by atoms with Gasteiger partial charge in [0, 0.05) is 13.0 Å². The Labute approximate surface area is 195 Å². The van der Waals surface area contributed by atoms with Gasteiger partial charge in [0.25, 0.3) is 0 Å². The molecule has 184 valence electrons. The minimum Gasteiger partial charge on any atom is -0.384 e. The van der Waals surface area contributed by atoms with Gasteiger partial charge in [-0.15, -0.1) is 0 Å². The lowest BCUT2D eigenvalue weighted by Gasteiger charge is -2.62. The Morgan fingerprint density at radius 1 is 1.12 bits per heavy atom. The highest BCUT2D eigenvalue weighted by molar-refractivity contribution is 5.85. The van der Waals surface area contributed by atoms with Crippen molar-refractivity contribution in [1.29, 1.82) is 0 Å². The lowest BCUT2D eigenvalue weighted by molar-refractivity contribution is -0.154. The molecule has 4 rings (SSSR count). The summed E-state index contributed by atoms with van der Waals surface area (Å²) in [4.78, 5) is 13.1. The number of carbonyl (C=O) groups excluding carboxylic acids is 1. The highest BCUT2D eigenvalue weighted by atomic mass is 16.5. The zero-order chi connectivity index (χ0) is 23.5. The second-order valence-corrected chi connectivity index (χ2v) is 11.3. The Kier molecular flexibility index (Phi) is 8.30. The summed E-state index contributed by atoms with van der Waals surface area (Å²) in [6, 6.07) is 0. The third-order valence-corrected chi connectivity index (χ3v) is 9.98. The number of ether oxygens (including phenoxy) is 1. The molecule has 0 amide bonds. The third kappa shape index (κ3) is 4.34. The minimum atomic E-state index is 0.113. The Morgan fingerprint density at radius 3 is 2.56 bits per heavy atom. The molecule has 8 unspecified atom stereocenters. The van der Waals surface area contributed by atoms with Crippen molar-refractivity contribution in [2.24, 2.45) is 63.1 Å². The number of carbonyl (C=O) groups is 1. The Hall–Kier alpha value is -1.14. The number of hydrazone groups is 1. The van der Waals surface area contributed by atoms with Gasteiger partial charge in [0.15, 0.2) is 5.78 Å². The fraction of sp³-hybridized carbons (Fsp3) is 0.923. The Morgan fingerprint density at radius 2 is 1.88 bits per heavy atom. The van der Waals surface area contributed by atoms with E-state index in [2.05, 4.69) is 18.9 Å². The first-order valence-corrected chi connectivity index (χ1v) is 13.1. The number of ketones is 1. The average Bonchev–Trinajstić information content (AvgIpc) is 3.13. The molecule has 4 fully saturated rings. The van der Waals surface area contributed by atoms with E-state index in [-0.39, 0.29) is 23.7 Å². The van der Waals surface area contributed by atoms with Crippen molar-refractivity contribution in [3.8, 4) is 0 Å². The first-order chi connectivity index (χ1) is 15.4. The summed E-state index contributed by atoms with van der Waals surface area (Å²) >= 11 is 0. The van der Waals surface area contributed by atoms with Crippen molar-refractivity contribution >= 4 is 12.1 Å². The molecule has 4 saturated carbocycles. The summed E-state index contributed by atoms with van der Waals surface area (Å²) in [7, 11) is 1.90. The van der Waals surface area contributed by atoms with Crippen LogP contribution in [-0.2, 0) is 9.53 Å². The molecular formula is C26H48N4O2. The molecule has 4 N–H and O–H groups in total. The quantitative estimate of drug-likeness (QED) is 0.268. The van der Waals surface area contributed by atoms with Gasteiger partial charge in [0.1, 0.15) is 6.34 Å². The zero-order valence-electron chi connectivity index (χ0n) is 21.2. The van der Waals surface area contributed by atoms with Crippen molar-refractivity contribution in [3.63, 3.8) is 0 Å². The van der Waals surface area contributed by atoms with E-state index in [4.69, 9.17) is 16.4 Å². The predicted molar refractivity (Wildman–Crippen MR) is 131 cm³/mol. The van der Waals surface area contributed by atoms with Crippen molar-refractivity contribution in [2.75, 3.05) is 20.3 Å². The van der Waals surface area contributed by atoms with Crippen LogP contribution in [-0.4, -0.2) is 37.4 Å². The average molecular weight is 449 g/mol. The van der Waals surface area contributed by atoms with Crippen LogP contribution in [0.1, 0.15) is 85.5 Å². The molecule has 0 heterocycles. The van der Waals surface area contributed by atoms with E-state index in [1.165, 1.54) is 62.7 Å². The number of methoxy groups -OCH3 is 1. The number of hydrogen-bond donors (Lipinski definition) is 2. The van der Waals surface area contributed by atoms with Crippen LogP contribution in [0.5, 0.6) is 0 Å². The highest BCUT2D eigenvalue weighted by Gasteiger charge is 2.62. The Bertz CT molecular complexity index is 670. The lowest BCUT2D eigenvalue weighted by Crippen LogP contribution is -2.56. The van der Waals surface area contributed by atoms with Gasteiger partial charge in [-0.05, 0) is 91.8 Å². The number of hydrazine groups is 1. The third-order valence-electron chi connectivity index (χ3n) is 9.98. The van der Waals surface area contributed by atoms with Crippen LogP contribution in [0.25, 0.3) is 0 Å². The normalized spacial score (nSPS) is 42.9. The maximum Gasteiger partial charge on any atom is 0.157 e. The van der Waals surface area contributed by atoms with E-state index in [1.54, 1.807) is 0 Å². The topological polar surface area (TPSA) is 93.9 Å². The molecule has 8 atom stereocenters. The molecule has 32 heavy (non-hydrogen) atoms. The molecule has 0 radical (unpaired) electrons. The molecule has 0 spiro atoms. The van der Waals surface area contributed by atoms with E-state index in [9.17, 15) is 4.79 Å². The molecule has 4 aliphatic rings. The number of nitrogens with two attached hydrogens (primary N) is 2.